The van der Waals surface area contributed by atoms with E-state index in [1.165, 1.54) is 4.90 Å². The van der Waals surface area contributed by atoms with Gasteiger partial charge in [-0.2, -0.15) is 0 Å². The molecule has 20 heavy (non-hydrogen) atoms. The summed E-state index contributed by atoms with van der Waals surface area (Å²) in [6.07, 6.45) is 0. The van der Waals surface area contributed by atoms with Crippen molar-refractivity contribution in [2.45, 2.75) is 18.9 Å². The second kappa shape index (κ2) is 4.63. The van der Waals surface area contributed by atoms with Gasteiger partial charge in [0.05, 0.1) is 5.92 Å². The van der Waals surface area contributed by atoms with E-state index in [1.807, 2.05) is 24.3 Å². The molecule has 1 fully saturated rings. The van der Waals surface area contributed by atoms with E-state index in [0.29, 0.717) is 6.54 Å². The number of para-hydroxylation sites is 1. The van der Waals surface area contributed by atoms with Crippen LogP contribution in [-0.4, -0.2) is 41.8 Å². The number of carbonyl (C=O) groups is 3. The third-order valence-electron chi connectivity index (χ3n) is 3.84. The predicted octanol–water partition coefficient (Wildman–Crippen LogP) is 0.0692. The maximum Gasteiger partial charge on any atom is 0.249 e. The van der Waals surface area contributed by atoms with Crippen LogP contribution in [0, 0.1) is 0 Å². The van der Waals surface area contributed by atoms with Crippen LogP contribution in [-0.2, 0) is 14.4 Å². The Morgan fingerprint density at radius 3 is 2.85 bits per heavy atom. The Labute approximate surface area is 116 Å². The van der Waals surface area contributed by atoms with Gasteiger partial charge in [-0.1, -0.05) is 18.2 Å². The molecule has 6 nitrogen and oxygen atoms in total. The third-order valence-corrected chi connectivity index (χ3v) is 3.84. The summed E-state index contributed by atoms with van der Waals surface area (Å²) >= 11 is 0. The fraction of sp³-hybridized carbons (Fsp3) is 0.357. The summed E-state index contributed by atoms with van der Waals surface area (Å²) in [5, 5.41) is 5.41. The van der Waals surface area contributed by atoms with E-state index >= 15 is 0 Å². The number of hydrogen-bond acceptors (Lipinski definition) is 4. The van der Waals surface area contributed by atoms with Gasteiger partial charge >= 0.3 is 0 Å². The number of benzene rings is 1. The molecule has 0 aromatic heterocycles. The molecule has 0 aliphatic carbocycles. The zero-order chi connectivity index (χ0) is 14.3. The number of amides is 3. The van der Waals surface area contributed by atoms with Gasteiger partial charge in [0.25, 0.3) is 0 Å². The molecule has 2 aliphatic rings. The maximum atomic E-state index is 12.6. The molecular weight excluding hydrogens is 258 g/mol. The number of piperazine rings is 1. The van der Waals surface area contributed by atoms with Crippen LogP contribution in [0.3, 0.4) is 0 Å². The first kappa shape index (κ1) is 12.7. The molecular formula is C14H15N3O3. The Bertz CT molecular complexity index is 599. The molecule has 1 aromatic carbocycles. The Morgan fingerprint density at radius 1 is 1.30 bits per heavy atom. The molecule has 1 saturated heterocycles. The molecule has 2 aliphatic heterocycles. The van der Waals surface area contributed by atoms with Gasteiger partial charge in [0.15, 0.2) is 0 Å². The van der Waals surface area contributed by atoms with Crippen LogP contribution in [0.4, 0.5) is 5.69 Å². The van der Waals surface area contributed by atoms with E-state index in [2.05, 4.69) is 10.6 Å². The summed E-state index contributed by atoms with van der Waals surface area (Å²) in [5.74, 6) is -1.37. The minimum Gasteiger partial charge on any atom is -0.384 e. The highest BCUT2D eigenvalue weighted by atomic mass is 16.2. The number of nitrogens with one attached hydrogen (secondary N) is 2. The number of rotatable bonds is 1. The highest BCUT2D eigenvalue weighted by molar-refractivity contribution is 6.05. The Kier molecular flexibility index (Phi) is 2.93. The molecule has 2 unspecified atom stereocenters. The van der Waals surface area contributed by atoms with Crippen molar-refractivity contribution in [1.29, 1.82) is 0 Å². The topological polar surface area (TPSA) is 78.5 Å². The van der Waals surface area contributed by atoms with Gasteiger partial charge in [-0.3, -0.25) is 19.7 Å². The zero-order valence-corrected chi connectivity index (χ0v) is 11.1. The van der Waals surface area contributed by atoms with Crippen LogP contribution in [0.1, 0.15) is 18.4 Å². The minimum atomic E-state index is -0.618. The molecule has 2 N–H and O–H groups in total. The van der Waals surface area contributed by atoms with E-state index in [1.54, 1.807) is 6.92 Å². The smallest absolute Gasteiger partial charge is 0.249 e. The van der Waals surface area contributed by atoms with Crippen LogP contribution in [0.25, 0.3) is 0 Å². The van der Waals surface area contributed by atoms with Crippen molar-refractivity contribution >= 4 is 23.4 Å². The highest BCUT2D eigenvalue weighted by Crippen LogP contribution is 2.32. The molecule has 0 radical (unpaired) electrons. The van der Waals surface area contributed by atoms with Crippen molar-refractivity contribution in [1.82, 2.24) is 10.2 Å². The van der Waals surface area contributed by atoms with E-state index in [0.717, 1.165) is 11.3 Å². The second-order valence-corrected chi connectivity index (χ2v) is 5.08. The van der Waals surface area contributed by atoms with Crippen LogP contribution < -0.4 is 10.6 Å². The largest absolute Gasteiger partial charge is 0.384 e. The highest BCUT2D eigenvalue weighted by Gasteiger charge is 2.39. The van der Waals surface area contributed by atoms with E-state index < -0.39 is 17.9 Å². The zero-order valence-electron chi connectivity index (χ0n) is 11.1. The van der Waals surface area contributed by atoms with Crippen molar-refractivity contribution in [2.24, 2.45) is 0 Å². The first-order valence-electron chi connectivity index (χ1n) is 6.55. The lowest BCUT2D eigenvalue weighted by Crippen LogP contribution is -2.59. The first-order chi connectivity index (χ1) is 9.58. The summed E-state index contributed by atoms with van der Waals surface area (Å²) in [4.78, 5) is 37.1. The predicted molar refractivity (Wildman–Crippen MR) is 72.0 cm³/mol. The van der Waals surface area contributed by atoms with E-state index in [9.17, 15) is 14.4 Å². The summed E-state index contributed by atoms with van der Waals surface area (Å²) < 4.78 is 0. The van der Waals surface area contributed by atoms with Crippen LogP contribution in [0.2, 0.25) is 0 Å². The average molecular weight is 273 g/mol. The molecule has 0 spiro atoms. The fourth-order valence-corrected chi connectivity index (χ4v) is 2.69. The van der Waals surface area contributed by atoms with E-state index in [-0.39, 0.29) is 18.4 Å². The number of carbonyl (C=O) groups excluding carboxylic acids is 3. The van der Waals surface area contributed by atoms with Crippen molar-refractivity contribution < 1.29 is 14.4 Å². The van der Waals surface area contributed by atoms with Crippen LogP contribution in [0.15, 0.2) is 24.3 Å². The number of anilines is 1. The third kappa shape index (κ3) is 1.93. The van der Waals surface area contributed by atoms with Crippen molar-refractivity contribution in [3.05, 3.63) is 29.8 Å². The minimum absolute atomic E-state index is 0.0651. The molecule has 0 saturated carbocycles. The number of hydrogen-bond donors (Lipinski definition) is 2. The van der Waals surface area contributed by atoms with Gasteiger partial charge in [0.1, 0.15) is 12.6 Å². The number of fused-ring (bicyclic) bond motifs is 1. The van der Waals surface area contributed by atoms with Crippen molar-refractivity contribution in [3.63, 3.8) is 0 Å². The van der Waals surface area contributed by atoms with Gasteiger partial charge in [0, 0.05) is 12.2 Å². The monoisotopic (exact) mass is 273 g/mol. The molecule has 104 valence electrons. The average Bonchev–Trinajstić information content (AvgIpc) is 2.86. The SMILES string of the molecule is CC1C(=O)NC(=O)CN1C(=O)C1CNc2ccccc21. The quantitative estimate of drug-likeness (QED) is 0.710. The normalized spacial score (nSPS) is 24.9. The number of nitrogens with zero attached hydrogens (tertiary/aromatic N) is 1. The maximum absolute atomic E-state index is 12.6. The molecule has 2 atom stereocenters. The summed E-state index contributed by atoms with van der Waals surface area (Å²) in [6.45, 7) is 2.07. The first-order valence-corrected chi connectivity index (χ1v) is 6.55. The summed E-state index contributed by atoms with van der Waals surface area (Å²) in [6, 6.07) is 6.98. The van der Waals surface area contributed by atoms with E-state index in [4.69, 9.17) is 0 Å². The van der Waals surface area contributed by atoms with Gasteiger partial charge in [-0.15, -0.1) is 0 Å². The molecule has 6 heteroatoms. The fourth-order valence-electron chi connectivity index (χ4n) is 2.69. The molecule has 1 aromatic rings. The molecule has 0 bridgehead atoms. The van der Waals surface area contributed by atoms with Crippen molar-refractivity contribution in [2.75, 3.05) is 18.4 Å². The van der Waals surface area contributed by atoms with Gasteiger partial charge in [-0.25, -0.2) is 0 Å². The molecule has 3 rings (SSSR count). The summed E-state index contributed by atoms with van der Waals surface area (Å²) in [5.41, 5.74) is 1.86. The Hall–Kier alpha value is -2.37. The summed E-state index contributed by atoms with van der Waals surface area (Å²) in [7, 11) is 0. The van der Waals surface area contributed by atoms with Crippen LogP contribution >= 0.6 is 0 Å². The number of imide groups is 1. The molecule has 3 amide bonds. The Morgan fingerprint density at radius 2 is 2.05 bits per heavy atom. The molecule has 2 heterocycles. The lowest BCUT2D eigenvalue weighted by atomic mass is 9.98. The Balaban J connectivity index is 1.86. The standard InChI is InChI=1S/C14H15N3O3/c1-8-13(19)16-12(18)7-17(8)14(20)10-6-15-11-5-3-2-4-9(10)11/h2-5,8,10,15H,6-7H2,1H3,(H,16,18,19). The van der Waals surface area contributed by atoms with Gasteiger partial charge < -0.3 is 10.2 Å². The van der Waals surface area contributed by atoms with Gasteiger partial charge in [0.2, 0.25) is 17.7 Å². The van der Waals surface area contributed by atoms with Crippen LogP contribution in [0.5, 0.6) is 0 Å². The van der Waals surface area contributed by atoms with Crippen molar-refractivity contribution in [3.8, 4) is 0 Å². The lowest BCUT2D eigenvalue weighted by molar-refractivity contribution is -0.150. The second-order valence-electron chi connectivity index (χ2n) is 5.08. The lowest BCUT2D eigenvalue weighted by Gasteiger charge is -2.33. The van der Waals surface area contributed by atoms with Gasteiger partial charge in [-0.05, 0) is 18.6 Å².